The Bertz CT molecular complexity index is 401. The van der Waals surface area contributed by atoms with Crippen LogP contribution in [0.5, 0.6) is 5.75 Å². The van der Waals surface area contributed by atoms with E-state index in [2.05, 4.69) is 4.98 Å². The summed E-state index contributed by atoms with van der Waals surface area (Å²) in [6.45, 7) is 2.62. The van der Waals surface area contributed by atoms with Gasteiger partial charge in [-0.15, -0.1) is 0 Å². The monoisotopic (exact) mass is 250 g/mol. The minimum absolute atomic E-state index is 0.338. The molecule has 18 heavy (non-hydrogen) atoms. The molecule has 100 valence electrons. The maximum Gasteiger partial charge on any atom is 0.142 e. The van der Waals surface area contributed by atoms with E-state index in [1.165, 1.54) is 6.42 Å². The number of aryl methyl sites for hydroxylation is 1. The summed E-state index contributed by atoms with van der Waals surface area (Å²) in [4.78, 5) is 4.35. The third kappa shape index (κ3) is 3.21. The van der Waals surface area contributed by atoms with Crippen molar-refractivity contribution in [2.24, 2.45) is 5.73 Å². The van der Waals surface area contributed by atoms with Crippen LogP contribution in [0.2, 0.25) is 0 Å². The lowest BCUT2D eigenvalue weighted by Gasteiger charge is -2.31. The van der Waals surface area contributed by atoms with E-state index in [-0.39, 0.29) is 0 Å². The van der Waals surface area contributed by atoms with Crippen LogP contribution in [0.4, 0.5) is 0 Å². The molecule has 1 saturated carbocycles. The van der Waals surface area contributed by atoms with E-state index < -0.39 is 5.60 Å². The van der Waals surface area contributed by atoms with Gasteiger partial charge < -0.3 is 15.6 Å². The number of nitrogens with zero attached hydrogens (tertiary/aromatic N) is 1. The Balaban J connectivity index is 2.01. The number of aromatic nitrogens is 1. The van der Waals surface area contributed by atoms with Crippen molar-refractivity contribution in [3.8, 4) is 5.75 Å². The minimum atomic E-state index is -0.672. The topological polar surface area (TPSA) is 68.4 Å². The Kier molecular flexibility index (Phi) is 4.19. The molecular weight excluding hydrogens is 228 g/mol. The predicted molar refractivity (Wildman–Crippen MR) is 70.4 cm³/mol. The second kappa shape index (κ2) is 5.67. The molecule has 1 fully saturated rings. The summed E-state index contributed by atoms with van der Waals surface area (Å²) in [5.74, 6) is 0.696. The largest absolute Gasteiger partial charge is 0.489 e. The fourth-order valence-corrected chi connectivity index (χ4v) is 2.44. The highest BCUT2D eigenvalue weighted by Crippen LogP contribution is 2.29. The Hall–Kier alpha value is -1.13. The number of nitrogens with two attached hydrogens (primary N) is 1. The number of hydrogen-bond acceptors (Lipinski definition) is 4. The summed E-state index contributed by atoms with van der Waals surface area (Å²) < 4.78 is 5.73. The van der Waals surface area contributed by atoms with Gasteiger partial charge in [-0.1, -0.05) is 19.3 Å². The molecule has 3 N–H and O–H groups in total. The molecule has 0 saturated heterocycles. The number of ether oxygens (including phenoxy) is 1. The molecule has 0 bridgehead atoms. The second-order valence-electron chi connectivity index (χ2n) is 5.18. The lowest BCUT2D eigenvalue weighted by molar-refractivity contribution is -0.0342. The molecule has 0 radical (unpaired) electrons. The third-order valence-electron chi connectivity index (χ3n) is 3.55. The van der Waals surface area contributed by atoms with Gasteiger partial charge in [0.25, 0.3) is 0 Å². The highest BCUT2D eigenvalue weighted by molar-refractivity contribution is 5.29. The Labute approximate surface area is 108 Å². The van der Waals surface area contributed by atoms with Crippen molar-refractivity contribution >= 4 is 0 Å². The van der Waals surface area contributed by atoms with Crippen LogP contribution < -0.4 is 10.5 Å². The summed E-state index contributed by atoms with van der Waals surface area (Å²) in [6.07, 6.45) is 5.02. The SMILES string of the molecule is Cc1ccc(OCC2(O)CCCCC2)c(CN)n1. The van der Waals surface area contributed by atoms with Gasteiger partial charge in [-0.2, -0.15) is 0 Å². The fourth-order valence-electron chi connectivity index (χ4n) is 2.44. The Morgan fingerprint density at radius 2 is 2.06 bits per heavy atom. The fraction of sp³-hybridized carbons (Fsp3) is 0.643. The van der Waals surface area contributed by atoms with Crippen molar-refractivity contribution < 1.29 is 9.84 Å². The normalized spacial score (nSPS) is 18.6. The highest BCUT2D eigenvalue weighted by atomic mass is 16.5. The zero-order valence-electron chi connectivity index (χ0n) is 11.0. The molecule has 4 nitrogen and oxygen atoms in total. The molecule has 0 aliphatic heterocycles. The molecule has 0 aromatic carbocycles. The van der Waals surface area contributed by atoms with Crippen molar-refractivity contribution in [3.63, 3.8) is 0 Å². The summed E-state index contributed by atoms with van der Waals surface area (Å²) in [6, 6.07) is 3.79. The van der Waals surface area contributed by atoms with Gasteiger partial charge in [-0.25, -0.2) is 0 Å². The van der Waals surface area contributed by atoms with Gasteiger partial charge in [-0.05, 0) is 31.9 Å². The Morgan fingerprint density at radius 3 is 2.72 bits per heavy atom. The van der Waals surface area contributed by atoms with Gasteiger partial charge in [0, 0.05) is 12.2 Å². The molecule has 1 aliphatic carbocycles. The smallest absolute Gasteiger partial charge is 0.142 e. The maximum atomic E-state index is 10.4. The standard InChI is InChI=1S/C14H22N2O2/c1-11-5-6-13(12(9-15)16-11)18-10-14(17)7-3-2-4-8-14/h5-6,17H,2-4,7-10,15H2,1H3. The summed E-state index contributed by atoms with van der Waals surface area (Å²) in [5.41, 5.74) is 6.67. The highest BCUT2D eigenvalue weighted by Gasteiger charge is 2.30. The second-order valence-corrected chi connectivity index (χ2v) is 5.18. The number of rotatable bonds is 4. The predicted octanol–water partition coefficient (Wildman–Crippen LogP) is 1.92. The number of pyridine rings is 1. The molecule has 0 spiro atoms. The van der Waals surface area contributed by atoms with E-state index >= 15 is 0 Å². The van der Waals surface area contributed by atoms with E-state index in [1.54, 1.807) is 0 Å². The maximum absolute atomic E-state index is 10.4. The summed E-state index contributed by atoms with van der Waals surface area (Å²) in [7, 11) is 0. The van der Waals surface area contributed by atoms with Crippen LogP contribution in [0.15, 0.2) is 12.1 Å². The lowest BCUT2D eigenvalue weighted by Crippen LogP contribution is -2.38. The van der Waals surface area contributed by atoms with Crippen LogP contribution >= 0.6 is 0 Å². The average Bonchev–Trinajstić information content (AvgIpc) is 2.38. The van der Waals surface area contributed by atoms with Gasteiger partial charge in [0.15, 0.2) is 0 Å². The van der Waals surface area contributed by atoms with Gasteiger partial charge in [0.05, 0.1) is 11.3 Å². The molecule has 0 amide bonds. The first-order valence-electron chi connectivity index (χ1n) is 6.65. The first-order chi connectivity index (χ1) is 8.63. The van der Waals surface area contributed by atoms with E-state index in [0.717, 1.165) is 37.1 Å². The molecule has 0 atom stereocenters. The van der Waals surface area contributed by atoms with Gasteiger partial charge in [0.2, 0.25) is 0 Å². The molecular formula is C14H22N2O2. The van der Waals surface area contributed by atoms with Gasteiger partial charge in [-0.3, -0.25) is 4.98 Å². The van der Waals surface area contributed by atoms with E-state index in [4.69, 9.17) is 10.5 Å². The van der Waals surface area contributed by atoms with Crippen molar-refractivity contribution in [2.45, 2.75) is 51.2 Å². The lowest BCUT2D eigenvalue weighted by atomic mass is 9.85. The van der Waals surface area contributed by atoms with Crippen molar-refractivity contribution in [1.82, 2.24) is 4.98 Å². The van der Waals surface area contributed by atoms with Crippen molar-refractivity contribution in [3.05, 3.63) is 23.5 Å². The summed E-state index contributed by atoms with van der Waals surface area (Å²) >= 11 is 0. The average molecular weight is 250 g/mol. The number of aliphatic hydroxyl groups is 1. The molecule has 1 heterocycles. The molecule has 2 rings (SSSR count). The quantitative estimate of drug-likeness (QED) is 0.856. The number of hydrogen-bond donors (Lipinski definition) is 2. The minimum Gasteiger partial charge on any atom is -0.489 e. The van der Waals surface area contributed by atoms with Gasteiger partial charge >= 0.3 is 0 Å². The van der Waals surface area contributed by atoms with Crippen molar-refractivity contribution in [2.75, 3.05) is 6.61 Å². The molecule has 1 aromatic rings. The Morgan fingerprint density at radius 1 is 1.33 bits per heavy atom. The molecule has 1 aromatic heterocycles. The van der Waals surface area contributed by atoms with E-state index in [0.29, 0.717) is 18.9 Å². The third-order valence-corrected chi connectivity index (χ3v) is 3.55. The zero-order valence-corrected chi connectivity index (χ0v) is 11.0. The first-order valence-corrected chi connectivity index (χ1v) is 6.65. The van der Waals surface area contributed by atoms with Crippen LogP contribution in [0, 0.1) is 6.92 Å². The van der Waals surface area contributed by atoms with Crippen LogP contribution in [-0.4, -0.2) is 22.3 Å². The zero-order chi connectivity index (χ0) is 13.0. The first kappa shape index (κ1) is 13.3. The van der Waals surface area contributed by atoms with Crippen LogP contribution in [0.3, 0.4) is 0 Å². The summed E-state index contributed by atoms with van der Waals surface area (Å²) in [5, 5.41) is 10.4. The van der Waals surface area contributed by atoms with E-state index in [9.17, 15) is 5.11 Å². The van der Waals surface area contributed by atoms with Crippen LogP contribution in [0.25, 0.3) is 0 Å². The van der Waals surface area contributed by atoms with Crippen LogP contribution in [0.1, 0.15) is 43.5 Å². The molecule has 4 heteroatoms. The molecule has 0 unspecified atom stereocenters. The van der Waals surface area contributed by atoms with E-state index in [1.807, 2.05) is 19.1 Å². The van der Waals surface area contributed by atoms with Crippen LogP contribution in [-0.2, 0) is 6.54 Å². The van der Waals surface area contributed by atoms with Gasteiger partial charge in [0.1, 0.15) is 12.4 Å². The van der Waals surface area contributed by atoms with Crippen molar-refractivity contribution in [1.29, 1.82) is 0 Å². The molecule has 1 aliphatic rings.